The number of rotatable bonds is 2. The molecule has 0 aliphatic rings. The van der Waals surface area contributed by atoms with Gasteiger partial charge in [-0.15, -0.1) is 0 Å². The van der Waals surface area contributed by atoms with Crippen LogP contribution in [-0.2, 0) is 6.18 Å². The third kappa shape index (κ3) is 2.46. The van der Waals surface area contributed by atoms with Crippen molar-refractivity contribution in [2.24, 2.45) is 0 Å². The van der Waals surface area contributed by atoms with Crippen molar-refractivity contribution in [3.8, 4) is 0 Å². The minimum atomic E-state index is -4.57. The summed E-state index contributed by atoms with van der Waals surface area (Å²) in [4.78, 5) is 6.60. The van der Waals surface area contributed by atoms with Crippen molar-refractivity contribution in [2.75, 3.05) is 12.0 Å². The highest BCUT2D eigenvalue weighted by Gasteiger charge is 2.34. The van der Waals surface area contributed by atoms with Crippen molar-refractivity contribution in [2.45, 2.75) is 6.18 Å². The van der Waals surface area contributed by atoms with Gasteiger partial charge < -0.3 is 10.4 Å². The highest BCUT2D eigenvalue weighted by molar-refractivity contribution is 6.30. The first-order chi connectivity index (χ1) is 6.45. The first-order valence-corrected chi connectivity index (χ1v) is 3.77. The van der Waals surface area contributed by atoms with E-state index in [0.717, 1.165) is 0 Å². The average Bonchev–Trinajstić information content (AvgIpc) is 2.02. The quantitative estimate of drug-likeness (QED) is 0.594. The van der Waals surface area contributed by atoms with Gasteiger partial charge in [0, 0.05) is 6.20 Å². The molecule has 0 fully saturated rings. The van der Waals surface area contributed by atoms with E-state index in [1.165, 1.54) is 0 Å². The summed E-state index contributed by atoms with van der Waals surface area (Å²) in [5, 5.41) is 9.89. The number of aliphatic hydroxyl groups is 1. The zero-order valence-electron chi connectivity index (χ0n) is 6.64. The molecule has 0 spiro atoms. The lowest BCUT2D eigenvalue weighted by molar-refractivity contribution is -0.137. The molecule has 0 unspecified atom stereocenters. The summed E-state index contributed by atoms with van der Waals surface area (Å²) in [5.74, 6) is -0.162. The van der Waals surface area contributed by atoms with Crippen LogP contribution < -0.4 is 5.32 Å². The molecule has 0 bridgehead atoms. The molecule has 4 nitrogen and oxygen atoms in total. The van der Waals surface area contributed by atoms with E-state index in [4.69, 9.17) is 16.7 Å². The van der Waals surface area contributed by atoms with Gasteiger partial charge in [-0.2, -0.15) is 13.2 Å². The van der Waals surface area contributed by atoms with E-state index in [-0.39, 0.29) is 5.95 Å². The normalized spacial score (nSPS) is 11.5. The minimum absolute atomic E-state index is 0.162. The van der Waals surface area contributed by atoms with Crippen molar-refractivity contribution in [3.63, 3.8) is 0 Å². The van der Waals surface area contributed by atoms with Crippen molar-refractivity contribution < 1.29 is 18.3 Å². The summed E-state index contributed by atoms with van der Waals surface area (Å²) in [6.07, 6.45) is -4.03. The predicted molar refractivity (Wildman–Crippen MR) is 42.8 cm³/mol. The van der Waals surface area contributed by atoms with Crippen LogP contribution in [0.3, 0.4) is 0 Å². The van der Waals surface area contributed by atoms with E-state index in [0.29, 0.717) is 6.20 Å². The SMILES string of the molecule is OCNc1ncc(C(F)(F)F)c(Cl)n1. The molecule has 0 radical (unpaired) electrons. The second-order valence-electron chi connectivity index (χ2n) is 2.23. The molecule has 2 N–H and O–H groups in total. The maximum Gasteiger partial charge on any atom is 0.420 e. The van der Waals surface area contributed by atoms with Gasteiger partial charge in [0.25, 0.3) is 0 Å². The van der Waals surface area contributed by atoms with Gasteiger partial charge in [0.2, 0.25) is 5.95 Å². The van der Waals surface area contributed by atoms with E-state index in [9.17, 15) is 13.2 Å². The fourth-order valence-electron chi connectivity index (χ4n) is 0.707. The molecule has 1 aromatic rings. The Hall–Kier alpha value is -1.08. The second kappa shape index (κ2) is 3.97. The van der Waals surface area contributed by atoms with Crippen LogP contribution in [-0.4, -0.2) is 21.8 Å². The summed E-state index contributed by atoms with van der Waals surface area (Å²) in [6.45, 7) is -0.484. The van der Waals surface area contributed by atoms with Crippen LogP contribution in [0, 0.1) is 0 Å². The Morgan fingerprint density at radius 2 is 2.14 bits per heavy atom. The van der Waals surface area contributed by atoms with Crippen LogP contribution in [0.25, 0.3) is 0 Å². The van der Waals surface area contributed by atoms with E-state index < -0.39 is 23.6 Å². The largest absolute Gasteiger partial charge is 0.420 e. The number of aliphatic hydroxyl groups excluding tert-OH is 1. The Morgan fingerprint density at radius 1 is 1.50 bits per heavy atom. The zero-order valence-corrected chi connectivity index (χ0v) is 7.39. The Labute approximate surface area is 81.7 Å². The molecule has 1 heterocycles. The maximum atomic E-state index is 12.1. The van der Waals surface area contributed by atoms with Crippen molar-refractivity contribution >= 4 is 17.5 Å². The molecule has 0 aliphatic heterocycles. The highest BCUT2D eigenvalue weighted by atomic mass is 35.5. The molecular weight excluding hydrogens is 223 g/mol. The summed E-state index contributed by atoms with van der Waals surface area (Å²) >= 11 is 5.26. The highest BCUT2D eigenvalue weighted by Crippen LogP contribution is 2.33. The Morgan fingerprint density at radius 3 is 2.57 bits per heavy atom. The van der Waals surface area contributed by atoms with Gasteiger partial charge in [-0.3, -0.25) is 0 Å². The number of nitrogens with one attached hydrogen (secondary N) is 1. The number of hydrogen-bond acceptors (Lipinski definition) is 4. The van der Waals surface area contributed by atoms with Gasteiger partial charge in [0.15, 0.2) is 0 Å². The summed E-state index contributed by atoms with van der Waals surface area (Å²) in [7, 11) is 0. The number of alkyl halides is 3. The molecule has 8 heteroatoms. The molecule has 0 saturated carbocycles. The number of halogens is 4. The molecule has 0 saturated heterocycles. The number of hydrogen-bond donors (Lipinski definition) is 2. The maximum absolute atomic E-state index is 12.1. The summed E-state index contributed by atoms with van der Waals surface area (Å²) < 4.78 is 36.4. The molecule has 0 amide bonds. The monoisotopic (exact) mass is 227 g/mol. The van der Waals surface area contributed by atoms with Crippen LogP contribution in [0.5, 0.6) is 0 Å². The smallest absolute Gasteiger partial charge is 0.376 e. The average molecular weight is 228 g/mol. The molecule has 0 aromatic carbocycles. The van der Waals surface area contributed by atoms with Gasteiger partial charge in [0.05, 0.1) is 0 Å². The van der Waals surface area contributed by atoms with Crippen LogP contribution in [0.4, 0.5) is 19.1 Å². The van der Waals surface area contributed by atoms with Gasteiger partial charge in [-0.25, -0.2) is 9.97 Å². The molecule has 1 aromatic heterocycles. The molecule has 78 valence electrons. The molecular formula is C6H5ClF3N3O. The third-order valence-electron chi connectivity index (χ3n) is 1.28. The Kier molecular flexibility index (Phi) is 3.12. The standard InChI is InChI=1S/C6H5ClF3N3O/c7-4-3(6(8,9)10)1-11-5(13-4)12-2-14/h1,14H,2H2,(H,11,12,13). The molecule has 0 aliphatic carbocycles. The second-order valence-corrected chi connectivity index (χ2v) is 2.59. The zero-order chi connectivity index (χ0) is 10.8. The molecule has 14 heavy (non-hydrogen) atoms. The summed E-state index contributed by atoms with van der Waals surface area (Å²) in [5.41, 5.74) is -1.11. The number of nitrogens with zero attached hydrogens (tertiary/aromatic N) is 2. The van der Waals surface area contributed by atoms with Crippen molar-refractivity contribution in [3.05, 3.63) is 16.9 Å². The number of anilines is 1. The van der Waals surface area contributed by atoms with Crippen molar-refractivity contribution in [1.82, 2.24) is 9.97 Å². The topological polar surface area (TPSA) is 58.0 Å². The minimum Gasteiger partial charge on any atom is -0.376 e. The van der Waals surface area contributed by atoms with Gasteiger partial charge >= 0.3 is 6.18 Å². The lowest BCUT2D eigenvalue weighted by Crippen LogP contribution is -2.10. The fourth-order valence-corrected chi connectivity index (χ4v) is 0.943. The predicted octanol–water partition coefficient (Wildman–Crippen LogP) is 1.51. The Balaban J connectivity index is 3.02. The number of aromatic nitrogens is 2. The van der Waals surface area contributed by atoms with Crippen LogP contribution in [0.15, 0.2) is 6.20 Å². The van der Waals surface area contributed by atoms with E-state index in [1.807, 2.05) is 0 Å². The van der Waals surface area contributed by atoms with E-state index in [1.54, 1.807) is 0 Å². The molecule has 0 atom stereocenters. The summed E-state index contributed by atoms with van der Waals surface area (Å²) in [6, 6.07) is 0. The van der Waals surface area contributed by atoms with Crippen molar-refractivity contribution in [1.29, 1.82) is 0 Å². The van der Waals surface area contributed by atoms with E-state index >= 15 is 0 Å². The fraction of sp³-hybridized carbons (Fsp3) is 0.333. The van der Waals surface area contributed by atoms with Gasteiger partial charge in [-0.1, -0.05) is 11.6 Å². The third-order valence-corrected chi connectivity index (χ3v) is 1.57. The lowest BCUT2D eigenvalue weighted by Gasteiger charge is -2.08. The van der Waals surface area contributed by atoms with Crippen LogP contribution in [0.2, 0.25) is 5.15 Å². The lowest BCUT2D eigenvalue weighted by atomic mass is 10.3. The van der Waals surface area contributed by atoms with Gasteiger partial charge in [0.1, 0.15) is 17.4 Å². The van der Waals surface area contributed by atoms with Crippen LogP contribution >= 0.6 is 11.6 Å². The van der Waals surface area contributed by atoms with Crippen LogP contribution in [0.1, 0.15) is 5.56 Å². The Bertz CT molecular complexity index is 331. The molecule has 1 rings (SSSR count). The van der Waals surface area contributed by atoms with E-state index in [2.05, 4.69) is 15.3 Å². The first-order valence-electron chi connectivity index (χ1n) is 3.39. The van der Waals surface area contributed by atoms with Gasteiger partial charge in [-0.05, 0) is 0 Å². The first kappa shape index (κ1) is 11.0.